The van der Waals surface area contributed by atoms with Gasteiger partial charge in [0.05, 0.1) is 22.0 Å². The second-order valence-electron chi connectivity index (χ2n) is 5.72. The first-order valence-electron chi connectivity index (χ1n) is 7.98. The Bertz CT molecular complexity index is 1040. The van der Waals surface area contributed by atoms with E-state index in [-0.39, 0.29) is 17.2 Å². The second-order valence-corrected chi connectivity index (χ2v) is 6.43. The van der Waals surface area contributed by atoms with Crippen molar-refractivity contribution in [3.63, 3.8) is 0 Å². The molecule has 0 fully saturated rings. The summed E-state index contributed by atoms with van der Waals surface area (Å²) in [6, 6.07) is 8.94. The zero-order valence-electron chi connectivity index (χ0n) is 13.8. The monoisotopic (exact) mass is 412 g/mol. The first-order chi connectivity index (χ1) is 12.6. The number of hydrogen-bond donors (Lipinski definition) is 0. The highest BCUT2D eigenvalue weighted by Gasteiger charge is 2.30. The van der Waals surface area contributed by atoms with Crippen LogP contribution in [0.3, 0.4) is 0 Å². The van der Waals surface area contributed by atoms with Crippen molar-refractivity contribution in [2.75, 3.05) is 0 Å². The van der Waals surface area contributed by atoms with E-state index in [4.69, 9.17) is 0 Å². The summed E-state index contributed by atoms with van der Waals surface area (Å²) in [6.45, 7) is 2.20. The van der Waals surface area contributed by atoms with Crippen LogP contribution in [0, 0.1) is 10.1 Å². The Hall–Kier alpha value is -2.94. The molecule has 4 rings (SSSR count). The number of halogens is 1. The zero-order valence-corrected chi connectivity index (χ0v) is 15.3. The van der Waals surface area contributed by atoms with Crippen molar-refractivity contribution in [2.24, 2.45) is 4.99 Å². The Morgan fingerprint density at radius 1 is 1.31 bits per heavy atom. The molecule has 1 aromatic carbocycles. The van der Waals surface area contributed by atoms with E-state index in [0.717, 1.165) is 5.56 Å². The summed E-state index contributed by atoms with van der Waals surface area (Å²) >= 11 is 3.39. The second kappa shape index (κ2) is 6.41. The van der Waals surface area contributed by atoms with E-state index in [2.05, 4.69) is 36.1 Å². The number of aryl methyl sites for hydroxylation is 1. The summed E-state index contributed by atoms with van der Waals surface area (Å²) in [7, 11) is 0. The molecule has 1 aliphatic heterocycles. The highest BCUT2D eigenvalue weighted by atomic mass is 79.9. The minimum absolute atomic E-state index is 0.00259. The maximum Gasteiger partial charge on any atom is 0.281 e. The van der Waals surface area contributed by atoms with Gasteiger partial charge in [0.25, 0.3) is 5.69 Å². The molecule has 2 aromatic heterocycles. The Kier molecular flexibility index (Phi) is 4.08. The Balaban J connectivity index is 2.11. The molecule has 0 saturated carbocycles. The van der Waals surface area contributed by atoms with E-state index < -0.39 is 0 Å². The van der Waals surface area contributed by atoms with Crippen molar-refractivity contribution in [1.82, 2.24) is 19.7 Å². The molecule has 0 aliphatic carbocycles. The van der Waals surface area contributed by atoms with E-state index >= 15 is 0 Å². The summed E-state index contributed by atoms with van der Waals surface area (Å²) in [5, 5.41) is 20.0. The van der Waals surface area contributed by atoms with Gasteiger partial charge in [-0.2, -0.15) is 0 Å². The number of hydrogen-bond acceptors (Lipinski definition) is 6. The molecule has 0 N–H and O–H groups in total. The minimum atomic E-state index is -0.375. The number of fused-ring (bicyclic) bond motifs is 3. The molecule has 8 nitrogen and oxygen atoms in total. The fourth-order valence-corrected chi connectivity index (χ4v) is 3.49. The lowest BCUT2D eigenvalue weighted by Crippen LogP contribution is -2.13. The Morgan fingerprint density at radius 3 is 2.85 bits per heavy atom. The molecule has 0 spiro atoms. The van der Waals surface area contributed by atoms with Crippen LogP contribution in [0.5, 0.6) is 0 Å². The largest absolute Gasteiger partial charge is 0.281 e. The number of rotatable bonds is 3. The van der Waals surface area contributed by atoms with Crippen LogP contribution in [0.1, 0.15) is 29.6 Å². The molecular weight excluding hydrogens is 400 g/mol. The van der Waals surface area contributed by atoms with Crippen LogP contribution in [0.2, 0.25) is 0 Å². The highest BCUT2D eigenvalue weighted by molar-refractivity contribution is 9.10. The predicted molar refractivity (Wildman–Crippen MR) is 98.7 cm³/mol. The first kappa shape index (κ1) is 16.5. The number of pyridine rings is 1. The van der Waals surface area contributed by atoms with E-state index in [1.165, 1.54) is 0 Å². The lowest BCUT2D eigenvalue weighted by Gasteiger charge is -2.13. The topological polar surface area (TPSA) is 99.1 Å². The van der Waals surface area contributed by atoms with Crippen molar-refractivity contribution in [1.29, 1.82) is 0 Å². The molecule has 0 radical (unpaired) electrons. The smallest absolute Gasteiger partial charge is 0.274 e. The maximum absolute atomic E-state index is 11.8. The molecule has 0 atom stereocenters. The molecule has 0 saturated heterocycles. The lowest BCUT2D eigenvalue weighted by molar-refractivity contribution is -0.385. The van der Waals surface area contributed by atoms with Crippen LogP contribution < -0.4 is 0 Å². The fraction of sp³-hybridized carbons (Fsp3) is 0.176. The highest BCUT2D eigenvalue weighted by Crippen LogP contribution is 2.34. The van der Waals surface area contributed by atoms with Crippen LogP contribution in [-0.4, -0.2) is 30.4 Å². The molecule has 3 heterocycles. The third-order valence-electron chi connectivity index (χ3n) is 4.22. The Labute approximate surface area is 156 Å². The first-order valence-corrected chi connectivity index (χ1v) is 8.77. The molecule has 3 aromatic rings. The summed E-state index contributed by atoms with van der Waals surface area (Å²) in [5.41, 5.74) is 2.96. The number of aliphatic imine (C=N–C) groups is 1. The van der Waals surface area contributed by atoms with Gasteiger partial charge in [0.2, 0.25) is 4.73 Å². The minimum Gasteiger partial charge on any atom is -0.274 e. The average Bonchev–Trinajstić information content (AvgIpc) is 2.94. The van der Waals surface area contributed by atoms with E-state index in [0.29, 0.717) is 39.6 Å². The summed E-state index contributed by atoms with van der Waals surface area (Å²) < 4.78 is 2.25. The van der Waals surface area contributed by atoms with Gasteiger partial charge in [-0.25, -0.2) is 0 Å². The van der Waals surface area contributed by atoms with E-state index in [1.54, 1.807) is 29.0 Å². The zero-order chi connectivity index (χ0) is 18.3. The molecule has 9 heteroatoms. The lowest BCUT2D eigenvalue weighted by atomic mass is 9.98. The predicted octanol–water partition coefficient (Wildman–Crippen LogP) is 3.25. The third kappa shape index (κ3) is 2.60. The molecule has 0 unspecified atom stereocenters. The molecule has 26 heavy (non-hydrogen) atoms. The van der Waals surface area contributed by atoms with Gasteiger partial charge in [0.15, 0.2) is 5.82 Å². The SMILES string of the molecule is CCc1cc2c(c([N+](=O)[O-])c1)C(c1ccccn1)=NCc1nnc(Br)n1-2. The van der Waals surface area contributed by atoms with Gasteiger partial charge in [0, 0.05) is 12.3 Å². The van der Waals surface area contributed by atoms with Gasteiger partial charge in [-0.15, -0.1) is 10.2 Å². The number of aromatic nitrogens is 4. The van der Waals surface area contributed by atoms with Crippen LogP contribution >= 0.6 is 15.9 Å². The molecule has 130 valence electrons. The van der Waals surface area contributed by atoms with Gasteiger partial charge in [0.1, 0.15) is 12.1 Å². The van der Waals surface area contributed by atoms with Crippen LogP contribution in [0.4, 0.5) is 5.69 Å². The van der Waals surface area contributed by atoms with Crippen molar-refractivity contribution in [3.8, 4) is 5.69 Å². The van der Waals surface area contributed by atoms with Crippen LogP contribution in [0.25, 0.3) is 5.69 Å². The quantitative estimate of drug-likeness (QED) is 0.485. The van der Waals surface area contributed by atoms with Crippen LogP contribution in [-0.2, 0) is 13.0 Å². The molecule has 0 amide bonds. The number of nitro groups is 1. The molecule has 0 bridgehead atoms. The summed E-state index contributed by atoms with van der Waals surface area (Å²) in [4.78, 5) is 20.4. The number of benzene rings is 1. The fourth-order valence-electron chi connectivity index (χ4n) is 3.01. The average molecular weight is 413 g/mol. The van der Waals surface area contributed by atoms with Crippen molar-refractivity contribution >= 4 is 27.3 Å². The van der Waals surface area contributed by atoms with Crippen molar-refractivity contribution in [2.45, 2.75) is 19.9 Å². The normalized spacial score (nSPS) is 12.8. The van der Waals surface area contributed by atoms with Crippen molar-refractivity contribution in [3.05, 3.63) is 74.0 Å². The van der Waals surface area contributed by atoms with Gasteiger partial charge >= 0.3 is 0 Å². The van der Waals surface area contributed by atoms with Crippen LogP contribution in [0.15, 0.2) is 46.3 Å². The summed E-state index contributed by atoms with van der Waals surface area (Å²) in [6.07, 6.45) is 2.31. The van der Waals surface area contributed by atoms with E-state index in [1.807, 2.05) is 19.1 Å². The maximum atomic E-state index is 11.8. The summed E-state index contributed by atoms with van der Waals surface area (Å²) in [5.74, 6) is 0.603. The Morgan fingerprint density at radius 2 is 2.15 bits per heavy atom. The van der Waals surface area contributed by atoms with Gasteiger partial charge in [-0.1, -0.05) is 13.0 Å². The van der Waals surface area contributed by atoms with E-state index in [9.17, 15) is 10.1 Å². The molecular formula is C17H13BrN6O2. The standard InChI is InChI=1S/C17H13BrN6O2/c1-2-10-7-12-15(13(8-10)24(25)26)16(11-5-3-4-6-19-11)20-9-14-21-22-17(18)23(12)14/h3-8H,2,9H2,1H3. The van der Waals surface area contributed by atoms with Gasteiger partial charge in [-0.05, 0) is 46.1 Å². The van der Waals surface area contributed by atoms with Crippen molar-refractivity contribution < 1.29 is 4.92 Å². The third-order valence-corrected chi connectivity index (χ3v) is 4.73. The number of nitro benzene ring substituents is 1. The molecule has 1 aliphatic rings. The van der Waals surface area contributed by atoms with Gasteiger partial charge in [-0.3, -0.25) is 24.7 Å². The number of nitrogens with zero attached hydrogens (tertiary/aromatic N) is 6. The van der Waals surface area contributed by atoms with Gasteiger partial charge < -0.3 is 0 Å².